The molecular formula is C25H28N4O4S. The molecule has 0 aliphatic carbocycles. The highest BCUT2D eigenvalue weighted by molar-refractivity contribution is 7.99. The lowest BCUT2D eigenvalue weighted by molar-refractivity contribution is -0.121. The van der Waals surface area contributed by atoms with Gasteiger partial charge in [-0.2, -0.15) is 0 Å². The number of nitrogens with zero attached hydrogens (tertiary/aromatic N) is 3. The van der Waals surface area contributed by atoms with Crippen LogP contribution in [0, 0.1) is 0 Å². The molecule has 1 fully saturated rings. The number of carbonyl (C=O) groups is 3. The normalized spacial score (nSPS) is 18.2. The summed E-state index contributed by atoms with van der Waals surface area (Å²) in [6.45, 7) is 5.50. The number of rotatable bonds is 5. The van der Waals surface area contributed by atoms with Crippen molar-refractivity contribution in [1.29, 1.82) is 0 Å². The number of likely N-dealkylation sites (N-methyl/N-ethyl adjacent to an activating group) is 1. The first-order valence-corrected chi connectivity index (χ1v) is 12.1. The first-order valence-electron chi connectivity index (χ1n) is 11.0. The summed E-state index contributed by atoms with van der Waals surface area (Å²) in [5.74, 6) is 0.0758. The second kappa shape index (κ2) is 9.50. The van der Waals surface area contributed by atoms with Crippen molar-refractivity contribution in [2.24, 2.45) is 0 Å². The molecule has 1 aromatic carbocycles. The van der Waals surface area contributed by atoms with Gasteiger partial charge in [0.2, 0.25) is 5.91 Å². The van der Waals surface area contributed by atoms with E-state index >= 15 is 0 Å². The topological polar surface area (TPSA) is 93.5 Å². The Balaban J connectivity index is 1.73. The van der Waals surface area contributed by atoms with Gasteiger partial charge in [0.05, 0.1) is 0 Å². The predicted molar refractivity (Wildman–Crippen MR) is 132 cm³/mol. The molecular weight excluding hydrogens is 452 g/mol. The van der Waals surface area contributed by atoms with Crippen LogP contribution in [0.5, 0.6) is 0 Å². The fourth-order valence-corrected chi connectivity index (χ4v) is 5.41. The molecule has 8 nitrogen and oxygen atoms in total. The largest absolute Gasteiger partial charge is 0.444 e. The van der Waals surface area contributed by atoms with Gasteiger partial charge in [0.15, 0.2) is 5.78 Å². The monoisotopic (exact) mass is 480 g/mol. The summed E-state index contributed by atoms with van der Waals surface area (Å²) in [7, 11) is 1.58. The van der Waals surface area contributed by atoms with Crippen molar-refractivity contribution in [2.75, 3.05) is 12.8 Å². The lowest BCUT2D eigenvalue weighted by Gasteiger charge is -2.31. The van der Waals surface area contributed by atoms with Crippen LogP contribution in [0.3, 0.4) is 0 Å². The van der Waals surface area contributed by atoms with Gasteiger partial charge in [-0.15, -0.1) is 11.8 Å². The number of thioether (sulfide) groups is 1. The second-order valence-corrected chi connectivity index (χ2v) is 10.2. The molecule has 2 amide bonds. The first kappa shape index (κ1) is 23.8. The number of amides is 2. The summed E-state index contributed by atoms with van der Waals surface area (Å²) in [6, 6.07) is 10.5. The number of hydrogen-bond donors (Lipinski definition) is 1. The number of ether oxygens (including phenoxy) is 1. The molecule has 2 atom stereocenters. The lowest BCUT2D eigenvalue weighted by Crippen LogP contribution is -2.45. The van der Waals surface area contributed by atoms with Crippen LogP contribution in [0.1, 0.15) is 42.1 Å². The molecule has 1 N–H and O–H groups in total. The van der Waals surface area contributed by atoms with Gasteiger partial charge < -0.3 is 14.6 Å². The van der Waals surface area contributed by atoms with Crippen LogP contribution in [-0.4, -0.2) is 56.7 Å². The molecule has 4 rings (SSSR count). The third-order valence-electron chi connectivity index (χ3n) is 5.52. The van der Waals surface area contributed by atoms with E-state index < -0.39 is 23.1 Å². The SMILES string of the molecule is CNC(=O)Cn1cc(C(=O)[C@@H]2CSC(c3cccnc3)N2C(=O)OC(C)(C)C)c2ccccc21. The number of aromatic nitrogens is 2. The van der Waals surface area contributed by atoms with Gasteiger partial charge in [-0.1, -0.05) is 24.3 Å². The third kappa shape index (κ3) is 4.79. The zero-order valence-corrected chi connectivity index (χ0v) is 20.5. The van der Waals surface area contributed by atoms with E-state index in [0.717, 1.165) is 16.5 Å². The number of pyridine rings is 1. The van der Waals surface area contributed by atoms with Crippen molar-refractivity contribution < 1.29 is 19.1 Å². The van der Waals surface area contributed by atoms with Crippen molar-refractivity contribution in [2.45, 2.75) is 44.3 Å². The quantitative estimate of drug-likeness (QED) is 0.555. The molecule has 0 bridgehead atoms. The van der Waals surface area contributed by atoms with E-state index in [9.17, 15) is 14.4 Å². The summed E-state index contributed by atoms with van der Waals surface area (Å²) in [6.07, 6.45) is 4.54. The fourth-order valence-electron chi connectivity index (χ4n) is 4.01. The van der Waals surface area contributed by atoms with E-state index in [1.165, 1.54) is 16.7 Å². The average Bonchev–Trinajstić information content (AvgIpc) is 3.41. The molecule has 1 aliphatic heterocycles. The highest BCUT2D eigenvalue weighted by Gasteiger charge is 2.45. The van der Waals surface area contributed by atoms with Crippen molar-refractivity contribution in [3.05, 3.63) is 66.1 Å². The Hall–Kier alpha value is -3.33. The van der Waals surface area contributed by atoms with Gasteiger partial charge >= 0.3 is 6.09 Å². The van der Waals surface area contributed by atoms with Crippen LogP contribution < -0.4 is 5.32 Å². The molecule has 0 radical (unpaired) electrons. The maximum atomic E-state index is 13.9. The molecule has 0 spiro atoms. The van der Waals surface area contributed by atoms with Crippen molar-refractivity contribution in [3.8, 4) is 0 Å². The standard InChI is InChI=1S/C25H28N4O4S/c1-25(2,3)33-24(32)29-20(15-34-23(29)16-8-7-11-27-12-16)22(31)18-13-28(14-21(30)26-4)19-10-6-5-9-17(18)19/h5-13,20,23H,14-15H2,1-4H3,(H,26,30)/t20-,23?/m0/s1. The zero-order chi connectivity index (χ0) is 24.5. The van der Waals surface area contributed by atoms with Gasteiger partial charge in [0.25, 0.3) is 0 Å². The van der Waals surface area contributed by atoms with Crippen LogP contribution in [0.15, 0.2) is 55.0 Å². The van der Waals surface area contributed by atoms with E-state index in [0.29, 0.717) is 11.3 Å². The van der Waals surface area contributed by atoms with Crippen LogP contribution in [0.25, 0.3) is 10.9 Å². The summed E-state index contributed by atoms with van der Waals surface area (Å²) in [5, 5.41) is 2.97. The Labute approximate surface area is 202 Å². The number of ketones is 1. The summed E-state index contributed by atoms with van der Waals surface area (Å²) in [4.78, 5) is 45.0. The summed E-state index contributed by atoms with van der Waals surface area (Å²) < 4.78 is 7.46. The number of benzene rings is 1. The number of hydrogen-bond acceptors (Lipinski definition) is 6. The van der Waals surface area contributed by atoms with E-state index in [1.807, 2.05) is 36.4 Å². The number of nitrogens with one attached hydrogen (secondary N) is 1. The van der Waals surface area contributed by atoms with Crippen LogP contribution in [0.4, 0.5) is 4.79 Å². The maximum Gasteiger partial charge on any atom is 0.412 e. The molecule has 1 saturated heterocycles. The molecule has 34 heavy (non-hydrogen) atoms. The highest BCUT2D eigenvalue weighted by atomic mass is 32.2. The van der Waals surface area contributed by atoms with E-state index in [-0.39, 0.29) is 18.2 Å². The van der Waals surface area contributed by atoms with E-state index in [2.05, 4.69) is 10.3 Å². The predicted octanol–water partition coefficient (Wildman–Crippen LogP) is 4.02. The average molecular weight is 481 g/mol. The number of carbonyl (C=O) groups excluding carboxylic acids is 3. The Bertz CT molecular complexity index is 1220. The van der Waals surface area contributed by atoms with Crippen molar-refractivity contribution in [3.63, 3.8) is 0 Å². The van der Waals surface area contributed by atoms with Gasteiger partial charge in [0.1, 0.15) is 23.6 Å². The highest BCUT2D eigenvalue weighted by Crippen LogP contribution is 2.43. The Kier molecular flexibility index (Phi) is 6.65. The second-order valence-electron chi connectivity index (χ2n) is 9.10. The molecule has 178 valence electrons. The van der Waals surface area contributed by atoms with Crippen LogP contribution in [-0.2, 0) is 16.1 Å². The first-order chi connectivity index (χ1) is 16.2. The van der Waals surface area contributed by atoms with Crippen LogP contribution >= 0.6 is 11.8 Å². The Morgan fingerprint density at radius 3 is 2.62 bits per heavy atom. The molecule has 2 aromatic heterocycles. The molecule has 1 aliphatic rings. The summed E-state index contributed by atoms with van der Waals surface area (Å²) in [5.41, 5.74) is 1.38. The molecule has 3 aromatic rings. The Morgan fingerprint density at radius 1 is 1.18 bits per heavy atom. The lowest BCUT2D eigenvalue weighted by atomic mass is 10.0. The van der Waals surface area contributed by atoms with Gasteiger partial charge in [-0.25, -0.2) is 4.79 Å². The minimum Gasteiger partial charge on any atom is -0.444 e. The number of Topliss-reactive ketones (excluding diaryl/α,β-unsaturated/α-hetero) is 1. The van der Waals surface area contributed by atoms with Crippen LogP contribution in [0.2, 0.25) is 0 Å². The third-order valence-corrected chi connectivity index (χ3v) is 6.85. The van der Waals surface area contributed by atoms with Crippen molar-refractivity contribution >= 4 is 40.4 Å². The van der Waals surface area contributed by atoms with E-state index in [1.54, 1.807) is 51.0 Å². The van der Waals surface area contributed by atoms with Crippen molar-refractivity contribution in [1.82, 2.24) is 19.8 Å². The number of fused-ring (bicyclic) bond motifs is 1. The minimum atomic E-state index is -0.718. The van der Waals surface area contributed by atoms with Gasteiger partial charge in [-0.3, -0.25) is 19.5 Å². The smallest absolute Gasteiger partial charge is 0.412 e. The molecule has 1 unspecified atom stereocenters. The molecule has 9 heteroatoms. The Morgan fingerprint density at radius 2 is 1.94 bits per heavy atom. The zero-order valence-electron chi connectivity index (χ0n) is 19.6. The van der Waals surface area contributed by atoms with E-state index in [4.69, 9.17) is 4.74 Å². The van der Waals surface area contributed by atoms with Gasteiger partial charge in [0, 0.05) is 53.4 Å². The number of para-hydroxylation sites is 1. The molecule has 3 heterocycles. The maximum absolute atomic E-state index is 13.9. The van der Waals surface area contributed by atoms with Gasteiger partial charge in [-0.05, 0) is 32.9 Å². The molecule has 0 saturated carbocycles. The fraction of sp³-hybridized carbons (Fsp3) is 0.360. The summed E-state index contributed by atoms with van der Waals surface area (Å²) >= 11 is 1.51. The minimum absolute atomic E-state index is 0.0950.